The van der Waals surface area contributed by atoms with Crippen LogP contribution in [0.2, 0.25) is 15.1 Å². The van der Waals surface area contributed by atoms with Gasteiger partial charge in [-0.05, 0) is 59.7 Å². The maximum absolute atomic E-state index is 13.5. The zero-order chi connectivity index (χ0) is 26.9. The molecule has 39 heavy (non-hydrogen) atoms. The highest BCUT2D eigenvalue weighted by Crippen LogP contribution is 2.35. The van der Waals surface area contributed by atoms with E-state index in [1.165, 1.54) is 10.9 Å². The predicted molar refractivity (Wildman–Crippen MR) is 156 cm³/mol. The van der Waals surface area contributed by atoms with Crippen LogP contribution in [0, 0.1) is 0 Å². The molecule has 0 aliphatic heterocycles. The van der Waals surface area contributed by atoms with E-state index < -0.39 is 0 Å². The van der Waals surface area contributed by atoms with Crippen molar-refractivity contribution in [3.63, 3.8) is 0 Å². The van der Waals surface area contributed by atoms with Crippen molar-refractivity contribution in [1.29, 1.82) is 0 Å². The van der Waals surface area contributed by atoms with Crippen molar-refractivity contribution in [3.05, 3.63) is 128 Å². The van der Waals surface area contributed by atoms with Crippen molar-refractivity contribution in [2.24, 2.45) is 5.10 Å². The fourth-order valence-electron chi connectivity index (χ4n) is 4.16. The Balaban J connectivity index is 1.39. The summed E-state index contributed by atoms with van der Waals surface area (Å²) in [7, 11) is 0. The molecule has 0 aliphatic rings. The van der Waals surface area contributed by atoms with Crippen LogP contribution in [-0.4, -0.2) is 15.9 Å². The van der Waals surface area contributed by atoms with Crippen LogP contribution >= 0.6 is 34.8 Å². The van der Waals surface area contributed by atoms with Gasteiger partial charge < -0.3 is 9.15 Å². The van der Waals surface area contributed by atoms with Gasteiger partial charge in [0, 0.05) is 10.4 Å². The summed E-state index contributed by atoms with van der Waals surface area (Å²) in [6, 6.07) is 27.1. The van der Waals surface area contributed by atoms with Gasteiger partial charge in [0.05, 0.1) is 27.2 Å². The van der Waals surface area contributed by atoms with Crippen molar-refractivity contribution in [1.82, 2.24) is 9.66 Å². The highest BCUT2D eigenvalue weighted by molar-refractivity contribution is 6.37. The van der Waals surface area contributed by atoms with Crippen molar-refractivity contribution < 1.29 is 9.15 Å². The number of para-hydroxylation sites is 1. The number of aromatic nitrogens is 2. The molecule has 0 aliphatic carbocycles. The van der Waals surface area contributed by atoms with Gasteiger partial charge in [0.25, 0.3) is 5.56 Å². The topological polar surface area (TPSA) is 69.6 Å². The maximum Gasteiger partial charge on any atom is 0.282 e. The molecule has 0 spiro atoms. The van der Waals surface area contributed by atoms with E-state index in [2.05, 4.69) is 10.1 Å². The Morgan fingerprint density at radius 2 is 1.64 bits per heavy atom. The quantitative estimate of drug-likeness (QED) is 0.188. The van der Waals surface area contributed by atoms with Gasteiger partial charge in [-0.2, -0.15) is 9.78 Å². The normalized spacial score (nSPS) is 11.6. The lowest BCUT2D eigenvalue weighted by atomic mass is 10.2. The van der Waals surface area contributed by atoms with Gasteiger partial charge in [-0.15, -0.1) is 0 Å². The zero-order valence-corrected chi connectivity index (χ0v) is 22.4. The summed E-state index contributed by atoms with van der Waals surface area (Å²) in [4.78, 5) is 18.2. The summed E-state index contributed by atoms with van der Waals surface area (Å²) in [5.41, 5.74) is 2.33. The number of rotatable bonds is 6. The molecule has 0 fully saturated rings. The van der Waals surface area contributed by atoms with E-state index in [0.717, 1.165) is 10.9 Å². The first-order valence-corrected chi connectivity index (χ1v) is 13.0. The summed E-state index contributed by atoms with van der Waals surface area (Å²) < 4.78 is 13.1. The molecule has 192 valence electrons. The molecule has 6 aromatic rings. The summed E-state index contributed by atoms with van der Waals surface area (Å²) in [5, 5.41) is 6.87. The third-order valence-corrected chi connectivity index (χ3v) is 6.82. The summed E-state index contributed by atoms with van der Waals surface area (Å²) in [6.07, 6.45) is 1.49. The Morgan fingerprint density at radius 1 is 0.897 bits per heavy atom. The summed E-state index contributed by atoms with van der Waals surface area (Å²) in [6.45, 7) is 0.317. The number of ether oxygens (including phenoxy) is 1. The average Bonchev–Trinajstić information content (AvgIpc) is 3.36. The lowest BCUT2D eigenvalue weighted by molar-refractivity contribution is 0.306. The van der Waals surface area contributed by atoms with Crippen LogP contribution in [0.5, 0.6) is 5.75 Å². The van der Waals surface area contributed by atoms with Crippen molar-refractivity contribution in [2.45, 2.75) is 6.61 Å². The van der Waals surface area contributed by atoms with E-state index in [-0.39, 0.29) is 11.4 Å². The Kier molecular flexibility index (Phi) is 6.83. The molecular formula is C30H18Cl3N3O3. The van der Waals surface area contributed by atoms with Gasteiger partial charge in [0.15, 0.2) is 11.5 Å². The van der Waals surface area contributed by atoms with Crippen LogP contribution < -0.4 is 10.3 Å². The molecule has 0 radical (unpaired) electrons. The zero-order valence-electron chi connectivity index (χ0n) is 20.1. The third-order valence-electron chi connectivity index (χ3n) is 6.02. The standard InChI is InChI=1S/C30H18Cl3N3O3/c31-21-10-11-26-20(14-21)15-27(39-26)29-35-25-9-5-4-8-22(25)30(37)36(29)34-16-19-12-23(32)28(24(33)13-19)38-17-18-6-2-1-3-7-18/h1-16H,17H2. The van der Waals surface area contributed by atoms with Gasteiger partial charge in [-0.25, -0.2) is 4.98 Å². The molecule has 2 aromatic heterocycles. The number of fused-ring (bicyclic) bond motifs is 2. The number of nitrogens with zero attached hydrogens (tertiary/aromatic N) is 3. The largest absolute Gasteiger partial charge is 0.486 e. The first-order chi connectivity index (χ1) is 19.0. The molecule has 0 bridgehead atoms. The SMILES string of the molecule is O=c1c2ccccc2nc(-c2cc3cc(Cl)ccc3o2)n1N=Cc1cc(Cl)c(OCc2ccccc2)c(Cl)c1. The molecule has 0 atom stereocenters. The van der Waals surface area contributed by atoms with Gasteiger partial charge in [0.2, 0.25) is 5.82 Å². The average molecular weight is 575 g/mol. The fourth-order valence-corrected chi connectivity index (χ4v) is 4.95. The van der Waals surface area contributed by atoms with Crippen molar-refractivity contribution >= 4 is 62.9 Å². The number of hydrogen-bond donors (Lipinski definition) is 0. The Hall–Kier alpha value is -4.10. The van der Waals surface area contributed by atoms with Crippen LogP contribution in [0.4, 0.5) is 0 Å². The molecule has 0 amide bonds. The van der Waals surface area contributed by atoms with E-state index in [1.54, 1.807) is 54.6 Å². The molecule has 6 rings (SSSR count). The first kappa shape index (κ1) is 25.2. The maximum atomic E-state index is 13.5. The van der Waals surface area contributed by atoms with Crippen LogP contribution in [0.25, 0.3) is 33.5 Å². The molecular weight excluding hydrogens is 557 g/mol. The lowest BCUT2D eigenvalue weighted by Gasteiger charge is -2.11. The van der Waals surface area contributed by atoms with Gasteiger partial charge >= 0.3 is 0 Å². The minimum atomic E-state index is -0.356. The van der Waals surface area contributed by atoms with E-state index in [0.29, 0.717) is 55.2 Å². The molecule has 0 saturated heterocycles. The molecule has 0 unspecified atom stereocenters. The minimum Gasteiger partial charge on any atom is -0.486 e. The minimum absolute atomic E-state index is 0.238. The Labute approximate surface area is 237 Å². The molecule has 0 saturated carbocycles. The number of halogens is 3. The highest BCUT2D eigenvalue weighted by Gasteiger charge is 2.17. The second kappa shape index (κ2) is 10.6. The lowest BCUT2D eigenvalue weighted by Crippen LogP contribution is -2.20. The second-order valence-corrected chi connectivity index (χ2v) is 9.95. The van der Waals surface area contributed by atoms with E-state index >= 15 is 0 Å². The van der Waals surface area contributed by atoms with Crippen LogP contribution in [-0.2, 0) is 6.61 Å². The number of hydrogen-bond acceptors (Lipinski definition) is 5. The first-order valence-electron chi connectivity index (χ1n) is 11.9. The Bertz CT molecular complexity index is 1910. The molecule has 9 heteroatoms. The van der Waals surface area contributed by atoms with Crippen molar-refractivity contribution in [3.8, 4) is 17.3 Å². The number of furan rings is 1. The van der Waals surface area contributed by atoms with E-state index in [4.69, 9.17) is 44.0 Å². The molecule has 6 nitrogen and oxygen atoms in total. The van der Waals surface area contributed by atoms with Gasteiger partial charge in [-0.3, -0.25) is 4.79 Å². The van der Waals surface area contributed by atoms with E-state index in [1.807, 2.05) is 36.4 Å². The van der Waals surface area contributed by atoms with Crippen LogP contribution in [0.3, 0.4) is 0 Å². The van der Waals surface area contributed by atoms with Crippen molar-refractivity contribution in [2.75, 3.05) is 0 Å². The number of benzene rings is 4. The third kappa shape index (κ3) is 5.14. The predicted octanol–water partition coefficient (Wildman–Crippen LogP) is 8.23. The summed E-state index contributed by atoms with van der Waals surface area (Å²) in [5.74, 6) is 0.973. The molecule has 4 aromatic carbocycles. The van der Waals surface area contributed by atoms with E-state index in [9.17, 15) is 4.79 Å². The van der Waals surface area contributed by atoms with Crippen LogP contribution in [0.1, 0.15) is 11.1 Å². The molecule has 0 N–H and O–H groups in total. The monoisotopic (exact) mass is 573 g/mol. The molecule has 2 heterocycles. The second-order valence-electron chi connectivity index (χ2n) is 8.69. The Morgan fingerprint density at radius 3 is 2.44 bits per heavy atom. The summed E-state index contributed by atoms with van der Waals surface area (Å²) >= 11 is 19.1. The van der Waals surface area contributed by atoms with Gasteiger partial charge in [-0.1, -0.05) is 77.3 Å². The smallest absolute Gasteiger partial charge is 0.282 e. The fraction of sp³-hybridized carbons (Fsp3) is 0.0333. The highest BCUT2D eigenvalue weighted by atomic mass is 35.5. The van der Waals surface area contributed by atoms with Crippen LogP contribution in [0.15, 0.2) is 105 Å². The van der Waals surface area contributed by atoms with Gasteiger partial charge in [0.1, 0.15) is 12.2 Å².